The van der Waals surface area contributed by atoms with Gasteiger partial charge in [-0.2, -0.15) is 0 Å². The van der Waals surface area contributed by atoms with Crippen LogP contribution < -0.4 is 10.6 Å². The fraction of sp³-hybridized carbons (Fsp3) is 0.0625. The van der Waals surface area contributed by atoms with Gasteiger partial charge in [0.1, 0.15) is 6.33 Å². The van der Waals surface area contributed by atoms with Gasteiger partial charge in [0.15, 0.2) is 5.11 Å². The second-order valence-electron chi connectivity index (χ2n) is 5.35. The highest BCUT2D eigenvalue weighted by molar-refractivity contribution is 7.80. The minimum Gasteiger partial charge on any atom is -0.332 e. The first-order chi connectivity index (χ1) is 12.9. The van der Waals surface area contributed by atoms with Crippen LogP contribution in [0.5, 0.6) is 0 Å². The number of aromatic nitrogens is 3. The van der Waals surface area contributed by atoms with Crippen molar-refractivity contribution in [3.05, 3.63) is 74.5 Å². The van der Waals surface area contributed by atoms with Crippen LogP contribution in [0.4, 0.5) is 17.3 Å². The van der Waals surface area contributed by atoms with E-state index in [2.05, 4.69) is 20.7 Å². The molecule has 3 rings (SSSR count). The molecular weight excluding hydrogens is 411 g/mol. The fourth-order valence-corrected chi connectivity index (χ4v) is 2.96. The van der Waals surface area contributed by atoms with Crippen LogP contribution in [0.1, 0.15) is 5.56 Å². The lowest BCUT2D eigenvalue weighted by molar-refractivity contribution is -0.384. The third kappa shape index (κ3) is 4.91. The average Bonchev–Trinajstić information content (AvgIpc) is 3.05. The summed E-state index contributed by atoms with van der Waals surface area (Å²) in [5.74, 6) is 0.265. The summed E-state index contributed by atoms with van der Waals surface area (Å²) >= 11 is 17.5. The second-order valence-corrected chi connectivity index (χ2v) is 6.58. The molecule has 0 fully saturated rings. The number of hydrogen-bond acceptors (Lipinski definition) is 5. The van der Waals surface area contributed by atoms with Gasteiger partial charge in [0, 0.05) is 33.4 Å². The highest BCUT2D eigenvalue weighted by Gasteiger charge is 2.10. The number of thiocarbonyl (C=S) groups is 1. The molecule has 0 aliphatic carbocycles. The monoisotopic (exact) mass is 422 g/mol. The Labute approximate surface area is 169 Å². The normalized spacial score (nSPS) is 10.4. The number of non-ortho nitro benzene ring substituents is 1. The van der Waals surface area contributed by atoms with Gasteiger partial charge in [0.25, 0.3) is 5.69 Å². The molecule has 2 aromatic carbocycles. The van der Waals surface area contributed by atoms with Gasteiger partial charge in [0.2, 0.25) is 5.95 Å². The number of hydrogen-bond donors (Lipinski definition) is 2. The van der Waals surface area contributed by atoms with E-state index in [-0.39, 0.29) is 16.7 Å². The molecule has 0 saturated heterocycles. The lowest BCUT2D eigenvalue weighted by Gasteiger charge is -2.08. The zero-order chi connectivity index (χ0) is 19.4. The maximum absolute atomic E-state index is 10.8. The predicted octanol–water partition coefficient (Wildman–Crippen LogP) is 4.35. The van der Waals surface area contributed by atoms with Crippen molar-refractivity contribution >= 4 is 57.9 Å². The molecule has 0 unspecified atom stereocenters. The van der Waals surface area contributed by atoms with Crippen LogP contribution in [-0.2, 0) is 6.54 Å². The van der Waals surface area contributed by atoms with Crippen molar-refractivity contribution in [3.63, 3.8) is 0 Å². The first-order valence-electron chi connectivity index (χ1n) is 7.57. The summed E-state index contributed by atoms with van der Waals surface area (Å²) in [4.78, 5) is 14.5. The summed E-state index contributed by atoms with van der Waals surface area (Å²) in [5, 5.41) is 22.0. The smallest absolute Gasteiger partial charge is 0.271 e. The van der Waals surface area contributed by atoms with Crippen LogP contribution in [0.25, 0.3) is 0 Å². The van der Waals surface area contributed by atoms with Gasteiger partial charge >= 0.3 is 0 Å². The van der Waals surface area contributed by atoms with Crippen molar-refractivity contribution in [2.75, 3.05) is 10.6 Å². The highest BCUT2D eigenvalue weighted by Crippen LogP contribution is 2.25. The van der Waals surface area contributed by atoms with E-state index >= 15 is 0 Å². The molecule has 0 aliphatic heterocycles. The molecule has 1 aromatic heterocycles. The first-order valence-corrected chi connectivity index (χ1v) is 8.73. The summed E-state index contributed by atoms with van der Waals surface area (Å²) in [6, 6.07) is 11.2. The second kappa shape index (κ2) is 8.30. The number of nitro benzene ring substituents is 1. The van der Waals surface area contributed by atoms with Gasteiger partial charge in [0.05, 0.1) is 11.5 Å². The van der Waals surface area contributed by atoms with Crippen LogP contribution >= 0.6 is 35.4 Å². The molecule has 0 radical (unpaired) electrons. The van der Waals surface area contributed by atoms with Crippen LogP contribution in [0.2, 0.25) is 10.0 Å². The molecule has 0 saturated carbocycles. The first kappa shape index (κ1) is 19.0. The van der Waals surface area contributed by atoms with Crippen molar-refractivity contribution in [2.45, 2.75) is 6.54 Å². The lowest BCUT2D eigenvalue weighted by Crippen LogP contribution is -2.20. The Bertz CT molecular complexity index is 990. The number of benzene rings is 2. The molecular formula is C16H12Cl2N6O2S. The number of nitro groups is 1. The van der Waals surface area contributed by atoms with Crippen molar-refractivity contribution in [3.8, 4) is 0 Å². The van der Waals surface area contributed by atoms with Crippen LogP contribution in [0.15, 0.2) is 48.8 Å². The average molecular weight is 423 g/mol. The van der Waals surface area contributed by atoms with E-state index in [1.54, 1.807) is 35.0 Å². The molecule has 0 atom stereocenters. The van der Waals surface area contributed by atoms with Crippen molar-refractivity contribution in [1.82, 2.24) is 14.8 Å². The van der Waals surface area contributed by atoms with E-state index in [1.807, 2.05) is 0 Å². The van der Waals surface area contributed by atoms with Gasteiger partial charge in [-0.1, -0.05) is 35.3 Å². The van der Waals surface area contributed by atoms with Crippen LogP contribution in [-0.4, -0.2) is 24.8 Å². The third-order valence-corrected chi connectivity index (χ3v) is 4.37. The van der Waals surface area contributed by atoms with Crippen molar-refractivity contribution in [1.29, 1.82) is 0 Å². The molecule has 8 nitrogen and oxygen atoms in total. The third-order valence-electron chi connectivity index (χ3n) is 3.46. The number of halogens is 2. The van der Waals surface area contributed by atoms with Gasteiger partial charge in [-0.15, -0.1) is 5.10 Å². The van der Waals surface area contributed by atoms with E-state index < -0.39 is 4.92 Å². The summed E-state index contributed by atoms with van der Waals surface area (Å²) < 4.78 is 1.56. The largest absolute Gasteiger partial charge is 0.332 e. The molecule has 3 aromatic rings. The summed E-state index contributed by atoms with van der Waals surface area (Å²) in [5.41, 5.74) is 1.17. The fourth-order valence-electron chi connectivity index (χ4n) is 2.23. The van der Waals surface area contributed by atoms with Gasteiger partial charge in [-0.25, -0.2) is 9.67 Å². The number of anilines is 2. The molecule has 11 heteroatoms. The predicted molar refractivity (Wildman–Crippen MR) is 109 cm³/mol. The zero-order valence-corrected chi connectivity index (χ0v) is 15.9. The van der Waals surface area contributed by atoms with Crippen molar-refractivity contribution in [2.24, 2.45) is 0 Å². The summed E-state index contributed by atoms with van der Waals surface area (Å²) in [7, 11) is 0. The topological polar surface area (TPSA) is 97.9 Å². The Morgan fingerprint density at radius 1 is 1.19 bits per heavy atom. The van der Waals surface area contributed by atoms with Crippen molar-refractivity contribution < 1.29 is 4.92 Å². The van der Waals surface area contributed by atoms with E-state index in [1.165, 1.54) is 18.5 Å². The minimum atomic E-state index is -0.481. The molecule has 0 spiro atoms. The molecule has 138 valence electrons. The zero-order valence-electron chi connectivity index (χ0n) is 13.6. The van der Waals surface area contributed by atoms with Crippen LogP contribution in [0, 0.1) is 10.1 Å². The van der Waals surface area contributed by atoms with E-state index in [0.29, 0.717) is 22.3 Å². The Balaban J connectivity index is 1.64. The summed E-state index contributed by atoms with van der Waals surface area (Å²) in [6.45, 7) is 0.345. The molecule has 27 heavy (non-hydrogen) atoms. The van der Waals surface area contributed by atoms with E-state index in [4.69, 9.17) is 35.4 Å². The standard InChI is InChI=1S/C16H12Cl2N6O2S/c17-13-5-2-6-14(18)12(13)8-23-9-19-15(22-23)21-16(27)20-10-3-1-4-11(7-10)24(25)26/h1-7,9H,8H2,(H2,20,21,22,27). The number of nitrogens with one attached hydrogen (secondary N) is 2. The molecule has 2 N–H and O–H groups in total. The number of nitrogens with zero attached hydrogens (tertiary/aromatic N) is 4. The summed E-state index contributed by atoms with van der Waals surface area (Å²) in [6.07, 6.45) is 1.51. The lowest BCUT2D eigenvalue weighted by atomic mass is 10.2. The minimum absolute atomic E-state index is 0.0400. The van der Waals surface area contributed by atoms with Gasteiger partial charge < -0.3 is 5.32 Å². The maximum atomic E-state index is 10.8. The highest BCUT2D eigenvalue weighted by atomic mass is 35.5. The SMILES string of the molecule is O=[N+]([O-])c1cccc(NC(=S)Nc2ncn(Cc3c(Cl)cccc3Cl)n2)c1. The molecule has 1 heterocycles. The van der Waals surface area contributed by atoms with Crippen LogP contribution in [0.3, 0.4) is 0 Å². The Hall–Kier alpha value is -2.75. The van der Waals surface area contributed by atoms with Gasteiger partial charge in [-0.3, -0.25) is 15.4 Å². The van der Waals surface area contributed by atoms with Gasteiger partial charge in [-0.05, 0) is 30.4 Å². The maximum Gasteiger partial charge on any atom is 0.271 e. The molecule has 0 aliphatic rings. The molecule has 0 bridgehead atoms. The quantitative estimate of drug-likeness (QED) is 0.358. The number of rotatable bonds is 5. The Morgan fingerprint density at radius 2 is 1.89 bits per heavy atom. The molecule has 0 amide bonds. The van der Waals surface area contributed by atoms with E-state index in [9.17, 15) is 10.1 Å². The van der Waals surface area contributed by atoms with E-state index in [0.717, 1.165) is 5.56 Å². The Kier molecular flexibility index (Phi) is 5.84. The Morgan fingerprint density at radius 3 is 2.59 bits per heavy atom.